The third-order valence-electron chi connectivity index (χ3n) is 5.55. The number of methoxy groups -OCH3 is 1. The predicted octanol–water partition coefficient (Wildman–Crippen LogP) is 1.42. The van der Waals surface area contributed by atoms with Gasteiger partial charge in [0.1, 0.15) is 5.75 Å². The number of hydrogen-bond acceptors (Lipinski definition) is 6. The summed E-state index contributed by atoms with van der Waals surface area (Å²) in [5.41, 5.74) is 4.08. The molecule has 0 spiro atoms. The van der Waals surface area contributed by atoms with Gasteiger partial charge in [0.15, 0.2) is 5.69 Å². The molecule has 1 aliphatic heterocycles. The molecule has 29 heavy (non-hydrogen) atoms. The van der Waals surface area contributed by atoms with Gasteiger partial charge in [0.25, 0.3) is 5.91 Å². The molecule has 1 aromatic carbocycles. The van der Waals surface area contributed by atoms with E-state index < -0.39 is 0 Å². The molecule has 158 valence electrons. The summed E-state index contributed by atoms with van der Waals surface area (Å²) >= 11 is 0. The molecule has 0 bridgehead atoms. The van der Waals surface area contributed by atoms with Gasteiger partial charge in [-0.2, -0.15) is 0 Å². The number of hydrogen-bond donors (Lipinski definition) is 0. The van der Waals surface area contributed by atoms with Crippen molar-refractivity contribution in [2.24, 2.45) is 0 Å². The van der Waals surface area contributed by atoms with Crippen molar-refractivity contribution in [3.8, 4) is 5.75 Å². The van der Waals surface area contributed by atoms with Crippen LogP contribution in [0.2, 0.25) is 0 Å². The van der Waals surface area contributed by atoms with Gasteiger partial charge < -0.3 is 19.4 Å². The highest BCUT2D eigenvalue weighted by Gasteiger charge is 2.22. The van der Waals surface area contributed by atoms with Crippen LogP contribution in [0, 0.1) is 13.8 Å². The average Bonchev–Trinajstić information content (AvgIpc) is 3.18. The minimum Gasteiger partial charge on any atom is -0.496 e. The normalized spacial score (nSPS) is 15.2. The summed E-state index contributed by atoms with van der Waals surface area (Å²) in [4.78, 5) is 18.9. The van der Waals surface area contributed by atoms with E-state index >= 15 is 0 Å². The van der Waals surface area contributed by atoms with Gasteiger partial charge in [-0.05, 0) is 50.7 Å². The van der Waals surface area contributed by atoms with E-state index in [2.05, 4.69) is 60.2 Å². The van der Waals surface area contributed by atoms with E-state index in [0.29, 0.717) is 12.2 Å². The summed E-state index contributed by atoms with van der Waals surface area (Å²) < 4.78 is 7.15. The van der Waals surface area contributed by atoms with E-state index in [-0.39, 0.29) is 5.91 Å². The number of carbonyl (C=O) groups excluding carboxylic acids is 1. The van der Waals surface area contributed by atoms with Crippen LogP contribution in [0.5, 0.6) is 5.75 Å². The molecule has 0 radical (unpaired) electrons. The van der Waals surface area contributed by atoms with Gasteiger partial charge >= 0.3 is 0 Å². The number of piperazine rings is 1. The van der Waals surface area contributed by atoms with E-state index in [9.17, 15) is 4.79 Å². The van der Waals surface area contributed by atoms with Crippen molar-refractivity contribution in [3.63, 3.8) is 0 Å². The molecule has 1 fully saturated rings. The predicted molar refractivity (Wildman–Crippen MR) is 112 cm³/mol. The molecule has 8 nitrogen and oxygen atoms in total. The van der Waals surface area contributed by atoms with Crippen LogP contribution in [-0.2, 0) is 13.1 Å². The quantitative estimate of drug-likeness (QED) is 0.700. The van der Waals surface area contributed by atoms with Gasteiger partial charge in [0.05, 0.1) is 19.9 Å². The SMILES string of the molecule is COc1cc(C)c(CN(C)CCn2cc(C(=O)N3CCN(C)CC3)nn2)cc1C. The zero-order valence-corrected chi connectivity index (χ0v) is 18.2. The number of nitrogens with zero attached hydrogens (tertiary/aromatic N) is 6. The molecule has 0 unspecified atom stereocenters. The summed E-state index contributed by atoms with van der Waals surface area (Å²) in [5.74, 6) is 0.899. The van der Waals surface area contributed by atoms with Crippen molar-refractivity contribution < 1.29 is 9.53 Å². The number of aromatic nitrogens is 3. The monoisotopic (exact) mass is 400 g/mol. The number of ether oxygens (including phenoxy) is 1. The summed E-state index contributed by atoms with van der Waals surface area (Å²) in [5, 5.41) is 8.24. The Bertz CT molecular complexity index is 842. The summed E-state index contributed by atoms with van der Waals surface area (Å²) in [7, 11) is 5.87. The molecule has 0 atom stereocenters. The van der Waals surface area contributed by atoms with Crippen LogP contribution < -0.4 is 4.74 Å². The standard InChI is InChI=1S/C21H32N6O2/c1-16-13-20(29-5)17(2)12-18(16)14-25(4)8-11-27-15-19(22-23-27)21(28)26-9-6-24(3)7-10-26/h12-13,15H,6-11,14H2,1-5H3. The lowest BCUT2D eigenvalue weighted by molar-refractivity contribution is 0.0658. The maximum absolute atomic E-state index is 12.6. The Morgan fingerprint density at radius 1 is 1.17 bits per heavy atom. The van der Waals surface area contributed by atoms with Gasteiger partial charge in [-0.25, -0.2) is 0 Å². The summed E-state index contributed by atoms with van der Waals surface area (Å²) in [6, 6.07) is 4.28. The van der Waals surface area contributed by atoms with Gasteiger partial charge in [-0.15, -0.1) is 5.10 Å². The molecular formula is C21H32N6O2. The highest BCUT2D eigenvalue weighted by atomic mass is 16.5. The zero-order valence-electron chi connectivity index (χ0n) is 18.2. The molecule has 1 aliphatic rings. The van der Waals surface area contributed by atoms with Crippen LogP contribution in [0.4, 0.5) is 0 Å². The third kappa shape index (κ3) is 5.33. The number of benzene rings is 1. The van der Waals surface area contributed by atoms with Crippen molar-refractivity contribution >= 4 is 5.91 Å². The second-order valence-corrected chi connectivity index (χ2v) is 7.95. The van der Waals surface area contributed by atoms with Crippen molar-refractivity contribution in [1.82, 2.24) is 29.7 Å². The molecule has 3 rings (SSSR count). The average molecular weight is 401 g/mol. The number of carbonyl (C=O) groups is 1. The lowest BCUT2D eigenvalue weighted by Crippen LogP contribution is -2.47. The molecule has 0 aliphatic carbocycles. The molecule has 1 aromatic heterocycles. The molecule has 8 heteroatoms. The second kappa shape index (κ2) is 9.37. The topological polar surface area (TPSA) is 66.7 Å². The fraction of sp³-hybridized carbons (Fsp3) is 0.571. The van der Waals surface area contributed by atoms with Crippen LogP contribution in [0.25, 0.3) is 0 Å². The van der Waals surface area contributed by atoms with Gasteiger partial charge in [0.2, 0.25) is 0 Å². The number of likely N-dealkylation sites (N-methyl/N-ethyl adjacent to an activating group) is 2. The van der Waals surface area contributed by atoms with Crippen molar-refractivity contribution in [2.45, 2.75) is 26.9 Å². The second-order valence-electron chi connectivity index (χ2n) is 7.95. The lowest BCUT2D eigenvalue weighted by Gasteiger charge is -2.31. The van der Waals surface area contributed by atoms with Crippen LogP contribution in [0.3, 0.4) is 0 Å². The van der Waals surface area contributed by atoms with Gasteiger partial charge in [-0.1, -0.05) is 11.3 Å². The van der Waals surface area contributed by atoms with Crippen LogP contribution in [0.1, 0.15) is 27.2 Å². The zero-order chi connectivity index (χ0) is 21.0. The first-order chi connectivity index (χ1) is 13.9. The van der Waals surface area contributed by atoms with Crippen molar-refractivity contribution in [2.75, 3.05) is 53.9 Å². The Kier molecular flexibility index (Phi) is 6.87. The van der Waals surface area contributed by atoms with Gasteiger partial charge in [0, 0.05) is 39.3 Å². The van der Waals surface area contributed by atoms with Crippen LogP contribution >= 0.6 is 0 Å². The van der Waals surface area contributed by atoms with E-state index in [1.54, 1.807) is 18.0 Å². The molecule has 0 N–H and O–H groups in total. The summed E-state index contributed by atoms with van der Waals surface area (Å²) in [6.07, 6.45) is 1.76. The first-order valence-corrected chi connectivity index (χ1v) is 10.1. The fourth-order valence-corrected chi connectivity index (χ4v) is 3.56. The lowest BCUT2D eigenvalue weighted by atomic mass is 10.0. The third-order valence-corrected chi connectivity index (χ3v) is 5.55. The minimum atomic E-state index is -0.0259. The summed E-state index contributed by atoms with van der Waals surface area (Å²) in [6.45, 7) is 9.80. The van der Waals surface area contributed by atoms with Crippen molar-refractivity contribution in [3.05, 3.63) is 40.7 Å². The molecule has 2 aromatic rings. The highest BCUT2D eigenvalue weighted by molar-refractivity contribution is 5.92. The molecule has 0 saturated carbocycles. The Morgan fingerprint density at radius 2 is 1.90 bits per heavy atom. The Morgan fingerprint density at radius 3 is 2.59 bits per heavy atom. The van der Waals surface area contributed by atoms with Crippen molar-refractivity contribution in [1.29, 1.82) is 0 Å². The first-order valence-electron chi connectivity index (χ1n) is 10.1. The number of rotatable bonds is 7. The smallest absolute Gasteiger partial charge is 0.276 e. The Balaban J connectivity index is 1.53. The van der Waals surface area contributed by atoms with Crippen LogP contribution in [-0.4, -0.2) is 89.5 Å². The first kappa shape index (κ1) is 21.3. The van der Waals surface area contributed by atoms with Gasteiger partial charge in [-0.3, -0.25) is 9.48 Å². The van der Waals surface area contributed by atoms with Crippen LogP contribution in [0.15, 0.2) is 18.3 Å². The maximum atomic E-state index is 12.6. The molecule has 1 saturated heterocycles. The van der Waals surface area contributed by atoms with E-state index in [1.165, 1.54) is 11.1 Å². The highest BCUT2D eigenvalue weighted by Crippen LogP contribution is 2.23. The molecular weight excluding hydrogens is 368 g/mol. The van der Waals surface area contributed by atoms with E-state index in [1.807, 2.05) is 4.90 Å². The minimum absolute atomic E-state index is 0.0259. The fourth-order valence-electron chi connectivity index (χ4n) is 3.56. The number of aryl methyl sites for hydroxylation is 2. The Hall–Kier alpha value is -2.45. The molecule has 2 heterocycles. The maximum Gasteiger partial charge on any atom is 0.276 e. The number of amides is 1. The molecule has 1 amide bonds. The Labute approximate surface area is 173 Å². The largest absolute Gasteiger partial charge is 0.496 e. The van der Waals surface area contributed by atoms with E-state index in [0.717, 1.165) is 50.6 Å². The van der Waals surface area contributed by atoms with E-state index in [4.69, 9.17) is 4.74 Å².